The Kier molecular flexibility index (Phi) is 8.54. The first-order chi connectivity index (χ1) is 19.3. The van der Waals surface area contributed by atoms with Gasteiger partial charge in [0.25, 0.3) is 15.9 Å². The Bertz CT molecular complexity index is 1500. The molecule has 2 atom stereocenters. The predicted molar refractivity (Wildman–Crippen MR) is 162 cm³/mol. The second kappa shape index (κ2) is 12.1. The summed E-state index contributed by atoms with van der Waals surface area (Å²) in [5.74, 6) is 4.31. The quantitative estimate of drug-likeness (QED) is 0.333. The van der Waals surface area contributed by atoms with E-state index in [1.165, 1.54) is 30.3 Å². The fourth-order valence-corrected chi connectivity index (χ4v) is 8.33. The average Bonchev–Trinajstić information content (AvgIpc) is 3.17. The van der Waals surface area contributed by atoms with Crippen LogP contribution >= 0.6 is 10.7 Å². The van der Waals surface area contributed by atoms with Crippen molar-refractivity contribution in [1.82, 2.24) is 9.03 Å². The number of anilines is 1. The SMILES string of the molecule is C=S(N[C@H](CCCN1C(=O)c2ccccc2S1(=O)=O)C(C)=O)c1ccc(N2CCC(c3ccccc3)CC2)cc1. The van der Waals surface area contributed by atoms with Gasteiger partial charge in [-0.15, -0.1) is 0 Å². The van der Waals surface area contributed by atoms with E-state index in [0.717, 1.165) is 35.1 Å². The third-order valence-corrected chi connectivity index (χ3v) is 11.0. The third kappa shape index (κ3) is 5.92. The number of Topliss-reactive ketones (excluding diaryl/α,β-unsaturated/α-hetero) is 1. The molecule has 2 aliphatic heterocycles. The minimum Gasteiger partial charge on any atom is -0.371 e. The summed E-state index contributed by atoms with van der Waals surface area (Å²) in [6.07, 6.45) is 3.02. The van der Waals surface area contributed by atoms with Crippen molar-refractivity contribution in [3.63, 3.8) is 0 Å². The average molecular weight is 578 g/mol. The van der Waals surface area contributed by atoms with E-state index in [9.17, 15) is 18.0 Å². The molecule has 7 nitrogen and oxygen atoms in total. The lowest BCUT2D eigenvalue weighted by atomic mass is 9.89. The van der Waals surface area contributed by atoms with E-state index >= 15 is 0 Å². The highest BCUT2D eigenvalue weighted by Gasteiger charge is 2.40. The normalized spacial score (nSPS) is 18.4. The standard InChI is InChI=1S/C31H35N3O4S2/c1-23(35)29(12-8-20-34-31(36)28-11-6-7-13-30(28)40(34,37)38)32-39(2)27-16-14-26(15-17-27)33-21-18-25(19-22-33)24-9-4-3-5-10-24/h3-7,9-11,13-17,25,29,32H,2,8,12,18-22H2,1H3/t29-,39?/m1/s1. The van der Waals surface area contributed by atoms with Gasteiger partial charge in [0.2, 0.25) is 0 Å². The molecule has 2 heterocycles. The first-order valence-corrected chi connectivity index (χ1v) is 16.5. The summed E-state index contributed by atoms with van der Waals surface area (Å²) >= 11 is 0. The number of piperidine rings is 1. The number of fused-ring (bicyclic) bond motifs is 1. The molecule has 1 unspecified atom stereocenters. The lowest BCUT2D eigenvalue weighted by Gasteiger charge is -2.34. The van der Waals surface area contributed by atoms with Crippen LogP contribution in [0.3, 0.4) is 0 Å². The zero-order chi connectivity index (χ0) is 28.3. The Hall–Kier alpha value is -3.27. The molecule has 9 heteroatoms. The summed E-state index contributed by atoms with van der Waals surface area (Å²) in [4.78, 5) is 28.5. The van der Waals surface area contributed by atoms with Gasteiger partial charge in [0.05, 0.1) is 11.6 Å². The maximum Gasteiger partial charge on any atom is 0.269 e. The number of hydrogen-bond donors (Lipinski definition) is 1. The van der Waals surface area contributed by atoms with E-state index < -0.39 is 32.6 Å². The molecule has 1 saturated heterocycles. The fourth-order valence-electron chi connectivity index (χ4n) is 5.49. The first-order valence-electron chi connectivity index (χ1n) is 13.6. The zero-order valence-corrected chi connectivity index (χ0v) is 24.3. The number of hydrogen-bond acceptors (Lipinski definition) is 6. The van der Waals surface area contributed by atoms with Crippen molar-refractivity contribution in [2.24, 2.45) is 0 Å². The maximum absolute atomic E-state index is 12.8. The van der Waals surface area contributed by atoms with Gasteiger partial charge in [0, 0.05) is 30.2 Å². The molecule has 1 N–H and O–H groups in total. The van der Waals surface area contributed by atoms with E-state index in [1.54, 1.807) is 12.1 Å². The van der Waals surface area contributed by atoms with Crippen LogP contribution in [0.25, 0.3) is 0 Å². The molecule has 0 aliphatic carbocycles. The molecule has 0 spiro atoms. The van der Waals surface area contributed by atoms with Gasteiger partial charge in [-0.25, -0.2) is 12.7 Å². The lowest BCUT2D eigenvalue weighted by Crippen LogP contribution is -2.35. The van der Waals surface area contributed by atoms with Crippen LogP contribution in [-0.4, -0.2) is 56.0 Å². The van der Waals surface area contributed by atoms with Crippen LogP contribution in [0.2, 0.25) is 0 Å². The maximum atomic E-state index is 12.8. The van der Waals surface area contributed by atoms with E-state index in [1.807, 2.05) is 0 Å². The number of nitrogens with zero attached hydrogens (tertiary/aromatic N) is 2. The number of amides is 1. The van der Waals surface area contributed by atoms with Gasteiger partial charge < -0.3 is 4.90 Å². The third-order valence-electron chi connectivity index (χ3n) is 7.79. The molecule has 3 aromatic rings. The first kappa shape index (κ1) is 28.3. The van der Waals surface area contributed by atoms with E-state index in [-0.39, 0.29) is 22.8 Å². The highest BCUT2D eigenvalue weighted by atomic mass is 32.2. The molecular formula is C31H35N3O4S2. The number of rotatable bonds is 10. The molecule has 40 heavy (non-hydrogen) atoms. The van der Waals surface area contributed by atoms with Crippen LogP contribution in [0, 0.1) is 0 Å². The van der Waals surface area contributed by atoms with Crippen molar-refractivity contribution < 1.29 is 18.0 Å². The Morgan fingerprint density at radius 3 is 2.30 bits per heavy atom. The predicted octanol–water partition coefficient (Wildman–Crippen LogP) is 5.22. The van der Waals surface area contributed by atoms with Crippen LogP contribution in [0.4, 0.5) is 5.69 Å². The molecule has 1 amide bonds. The highest BCUT2D eigenvalue weighted by molar-refractivity contribution is 8.12. The van der Waals surface area contributed by atoms with Gasteiger partial charge in [-0.3, -0.25) is 14.3 Å². The summed E-state index contributed by atoms with van der Waals surface area (Å²) in [6, 6.07) is 24.8. The summed E-state index contributed by atoms with van der Waals surface area (Å²) < 4.78 is 29.8. The molecule has 0 bridgehead atoms. The van der Waals surface area contributed by atoms with Crippen LogP contribution in [0.5, 0.6) is 0 Å². The summed E-state index contributed by atoms with van der Waals surface area (Å²) in [5, 5.41) is 0. The summed E-state index contributed by atoms with van der Waals surface area (Å²) in [6.45, 7) is 3.58. The van der Waals surface area contributed by atoms with Gasteiger partial charge in [-0.05, 0) is 80.5 Å². The number of carbonyl (C=O) groups is 2. The molecule has 210 valence electrons. The van der Waals surface area contributed by atoms with Crippen LogP contribution in [0.15, 0.2) is 88.7 Å². The Balaban J connectivity index is 1.14. The molecule has 5 rings (SSSR count). The van der Waals surface area contributed by atoms with Gasteiger partial charge in [-0.1, -0.05) is 59.0 Å². The Morgan fingerprint density at radius 1 is 1.00 bits per heavy atom. The molecule has 0 radical (unpaired) electrons. The van der Waals surface area contributed by atoms with Crippen LogP contribution < -0.4 is 9.62 Å². The Morgan fingerprint density at radius 2 is 1.65 bits per heavy atom. The smallest absolute Gasteiger partial charge is 0.269 e. The molecular weight excluding hydrogens is 542 g/mol. The van der Waals surface area contributed by atoms with E-state index in [2.05, 4.69) is 70.1 Å². The summed E-state index contributed by atoms with van der Waals surface area (Å²) in [5.41, 5.74) is 2.81. The van der Waals surface area contributed by atoms with Crippen molar-refractivity contribution in [2.75, 3.05) is 24.5 Å². The number of benzene rings is 3. The number of ketones is 1. The minimum atomic E-state index is -3.85. The molecule has 0 saturated carbocycles. The molecule has 3 aromatic carbocycles. The number of sulfonamides is 1. The molecule has 1 fully saturated rings. The second-order valence-electron chi connectivity index (χ2n) is 10.4. The summed E-state index contributed by atoms with van der Waals surface area (Å²) in [7, 11) is -4.47. The van der Waals surface area contributed by atoms with Gasteiger partial charge >= 0.3 is 0 Å². The molecule has 2 aliphatic rings. The topological polar surface area (TPSA) is 86.8 Å². The Labute approximate surface area is 239 Å². The van der Waals surface area contributed by atoms with Crippen molar-refractivity contribution in [2.45, 2.75) is 54.4 Å². The number of carbonyl (C=O) groups excluding carboxylic acids is 2. The van der Waals surface area contributed by atoms with Crippen molar-refractivity contribution in [3.8, 4) is 0 Å². The fraction of sp³-hybridized carbons (Fsp3) is 0.323. The lowest BCUT2D eigenvalue weighted by molar-refractivity contribution is -0.118. The van der Waals surface area contributed by atoms with Crippen molar-refractivity contribution in [1.29, 1.82) is 0 Å². The minimum absolute atomic E-state index is 0.0297. The largest absolute Gasteiger partial charge is 0.371 e. The molecule has 0 aromatic heterocycles. The second-order valence-corrected chi connectivity index (χ2v) is 13.7. The van der Waals surface area contributed by atoms with E-state index in [0.29, 0.717) is 18.8 Å². The van der Waals surface area contributed by atoms with Crippen molar-refractivity contribution >= 4 is 43.9 Å². The van der Waals surface area contributed by atoms with Crippen molar-refractivity contribution in [3.05, 3.63) is 90.0 Å². The van der Waals surface area contributed by atoms with Gasteiger partial charge in [0.15, 0.2) is 0 Å². The zero-order valence-electron chi connectivity index (χ0n) is 22.7. The van der Waals surface area contributed by atoms with Crippen LogP contribution in [0.1, 0.15) is 54.4 Å². The monoisotopic (exact) mass is 577 g/mol. The highest BCUT2D eigenvalue weighted by Crippen LogP contribution is 2.33. The van der Waals surface area contributed by atoms with Gasteiger partial charge in [0.1, 0.15) is 10.7 Å². The van der Waals surface area contributed by atoms with Gasteiger partial charge in [-0.2, -0.15) is 0 Å². The van der Waals surface area contributed by atoms with Crippen LogP contribution in [-0.2, 0) is 14.8 Å². The number of nitrogens with one attached hydrogen (secondary N) is 1. The van der Waals surface area contributed by atoms with E-state index in [4.69, 9.17) is 0 Å².